The minimum atomic E-state index is -0.200. The van der Waals surface area contributed by atoms with E-state index in [-0.39, 0.29) is 24.2 Å². The Hall–Kier alpha value is -1.88. The number of hydrogen-bond donors (Lipinski definition) is 2. The molecule has 1 aliphatic heterocycles. The van der Waals surface area contributed by atoms with Gasteiger partial charge in [-0.1, -0.05) is 6.92 Å². The zero-order valence-electron chi connectivity index (χ0n) is 10.4. The van der Waals surface area contributed by atoms with Gasteiger partial charge in [0.2, 0.25) is 5.91 Å². The van der Waals surface area contributed by atoms with Gasteiger partial charge >= 0.3 is 0 Å². The number of nitrogens with one attached hydrogen (secondary N) is 2. The number of fused-ring (bicyclic) bond motifs is 1. The normalized spacial score (nSPS) is 18.3. The van der Waals surface area contributed by atoms with Gasteiger partial charge in [-0.25, -0.2) is 0 Å². The summed E-state index contributed by atoms with van der Waals surface area (Å²) in [5.41, 5.74) is 1.12. The molecular weight excluding hydrogens is 232 g/mol. The molecule has 2 N–H and O–H groups in total. The molecule has 1 amide bonds. The predicted molar refractivity (Wildman–Crippen MR) is 68.0 cm³/mol. The minimum Gasteiger partial charge on any atom is -0.491 e. The third-order valence-corrected chi connectivity index (χ3v) is 2.83. The van der Waals surface area contributed by atoms with Crippen LogP contribution in [-0.4, -0.2) is 31.9 Å². The predicted octanol–water partition coefficient (Wildman–Crippen LogP) is 1.06. The first-order valence-electron chi connectivity index (χ1n) is 5.87. The molecule has 0 saturated heterocycles. The lowest BCUT2D eigenvalue weighted by atomic mass is 10.1. The van der Waals surface area contributed by atoms with Crippen molar-refractivity contribution in [3.8, 4) is 5.75 Å². The highest BCUT2D eigenvalue weighted by Crippen LogP contribution is 2.29. The number of anilines is 1. The lowest BCUT2D eigenvalue weighted by Crippen LogP contribution is -2.22. The van der Waals surface area contributed by atoms with E-state index in [2.05, 4.69) is 10.6 Å². The van der Waals surface area contributed by atoms with Crippen molar-refractivity contribution >= 4 is 17.4 Å². The Bertz CT molecular complexity index is 485. The second-order valence-corrected chi connectivity index (χ2v) is 4.37. The van der Waals surface area contributed by atoms with Crippen molar-refractivity contribution in [2.24, 2.45) is 5.92 Å². The van der Waals surface area contributed by atoms with Gasteiger partial charge in [-0.15, -0.1) is 0 Å². The van der Waals surface area contributed by atoms with E-state index in [0.717, 1.165) is 0 Å². The van der Waals surface area contributed by atoms with Crippen LogP contribution in [0.15, 0.2) is 18.2 Å². The average molecular weight is 248 g/mol. The Labute approximate surface area is 106 Å². The molecule has 1 heterocycles. The molecule has 1 atom stereocenters. The summed E-state index contributed by atoms with van der Waals surface area (Å²) in [6.07, 6.45) is 0. The van der Waals surface area contributed by atoms with Gasteiger partial charge in [-0.3, -0.25) is 9.59 Å². The monoisotopic (exact) mass is 248 g/mol. The number of ketones is 1. The SMILES string of the molecule is CNCC(=O)c1ccc2c(c1)NC(=O)C(C)CO2. The molecule has 0 saturated carbocycles. The number of ether oxygens (including phenoxy) is 1. The zero-order chi connectivity index (χ0) is 13.1. The molecule has 0 aromatic heterocycles. The van der Waals surface area contributed by atoms with Crippen molar-refractivity contribution in [1.82, 2.24) is 5.32 Å². The van der Waals surface area contributed by atoms with Gasteiger partial charge in [0.25, 0.3) is 0 Å². The van der Waals surface area contributed by atoms with Crippen LogP contribution in [0.2, 0.25) is 0 Å². The van der Waals surface area contributed by atoms with Crippen LogP contribution < -0.4 is 15.4 Å². The molecule has 0 aliphatic carbocycles. The van der Waals surface area contributed by atoms with E-state index in [1.54, 1.807) is 32.2 Å². The molecule has 18 heavy (non-hydrogen) atoms. The fourth-order valence-corrected chi connectivity index (χ4v) is 1.74. The van der Waals surface area contributed by atoms with E-state index in [9.17, 15) is 9.59 Å². The summed E-state index contributed by atoms with van der Waals surface area (Å²) in [6.45, 7) is 2.42. The summed E-state index contributed by atoms with van der Waals surface area (Å²) >= 11 is 0. The van der Waals surface area contributed by atoms with Gasteiger partial charge in [0, 0.05) is 5.56 Å². The smallest absolute Gasteiger partial charge is 0.230 e. The van der Waals surface area contributed by atoms with Crippen LogP contribution in [0.4, 0.5) is 5.69 Å². The highest BCUT2D eigenvalue weighted by atomic mass is 16.5. The molecule has 1 aromatic rings. The second-order valence-electron chi connectivity index (χ2n) is 4.37. The van der Waals surface area contributed by atoms with Crippen LogP contribution in [0.5, 0.6) is 5.75 Å². The summed E-state index contributed by atoms with van der Waals surface area (Å²) < 4.78 is 5.52. The number of carbonyl (C=O) groups is 2. The fourth-order valence-electron chi connectivity index (χ4n) is 1.74. The molecule has 0 radical (unpaired) electrons. The summed E-state index contributed by atoms with van der Waals surface area (Å²) in [5.74, 6) is 0.293. The van der Waals surface area contributed by atoms with Crippen molar-refractivity contribution < 1.29 is 14.3 Å². The summed E-state index contributed by atoms with van der Waals surface area (Å²) in [7, 11) is 1.72. The van der Waals surface area contributed by atoms with E-state index >= 15 is 0 Å². The molecule has 1 aliphatic rings. The van der Waals surface area contributed by atoms with Gasteiger partial charge in [0.15, 0.2) is 5.78 Å². The molecule has 5 heteroatoms. The third-order valence-electron chi connectivity index (χ3n) is 2.83. The van der Waals surface area contributed by atoms with E-state index in [4.69, 9.17) is 4.74 Å². The maximum atomic E-state index is 11.7. The van der Waals surface area contributed by atoms with Crippen LogP contribution in [0.3, 0.4) is 0 Å². The molecule has 96 valence electrons. The first-order valence-corrected chi connectivity index (χ1v) is 5.87. The van der Waals surface area contributed by atoms with Crippen molar-refractivity contribution in [2.45, 2.75) is 6.92 Å². The largest absolute Gasteiger partial charge is 0.491 e. The summed E-state index contributed by atoms with van der Waals surface area (Å²) in [6, 6.07) is 5.09. The van der Waals surface area contributed by atoms with E-state index < -0.39 is 0 Å². The standard InChI is InChI=1S/C13H16N2O3/c1-8-7-18-12-4-3-9(11(16)6-14-2)5-10(12)15-13(8)17/h3-5,8,14H,6-7H2,1-2H3,(H,15,17). The van der Waals surface area contributed by atoms with Gasteiger partial charge < -0.3 is 15.4 Å². The highest BCUT2D eigenvalue weighted by molar-refractivity contribution is 6.01. The maximum absolute atomic E-state index is 11.7. The third kappa shape index (κ3) is 2.51. The number of rotatable bonds is 3. The number of carbonyl (C=O) groups excluding carboxylic acids is 2. The van der Waals surface area contributed by atoms with E-state index in [0.29, 0.717) is 23.6 Å². The number of Topliss-reactive ketones (excluding diaryl/α,β-unsaturated/α-hetero) is 1. The second kappa shape index (κ2) is 5.18. The average Bonchev–Trinajstić information content (AvgIpc) is 2.49. The quantitative estimate of drug-likeness (QED) is 0.785. The fraction of sp³-hybridized carbons (Fsp3) is 0.385. The first kappa shape index (κ1) is 12.6. The number of hydrogen-bond acceptors (Lipinski definition) is 4. The van der Waals surface area contributed by atoms with Crippen LogP contribution >= 0.6 is 0 Å². The Morgan fingerprint density at radius 3 is 3.06 bits per heavy atom. The highest BCUT2D eigenvalue weighted by Gasteiger charge is 2.21. The van der Waals surface area contributed by atoms with Crippen molar-refractivity contribution in [2.75, 3.05) is 25.5 Å². The van der Waals surface area contributed by atoms with Gasteiger partial charge in [0.05, 0.1) is 24.8 Å². The first-order chi connectivity index (χ1) is 8.61. The van der Waals surface area contributed by atoms with Crippen molar-refractivity contribution in [3.05, 3.63) is 23.8 Å². The number of likely N-dealkylation sites (N-methyl/N-ethyl adjacent to an activating group) is 1. The molecule has 2 rings (SSSR count). The zero-order valence-corrected chi connectivity index (χ0v) is 10.4. The summed E-state index contributed by atoms with van der Waals surface area (Å²) in [5, 5.41) is 5.58. The van der Waals surface area contributed by atoms with Gasteiger partial charge in [-0.05, 0) is 25.2 Å². The molecule has 0 fully saturated rings. The molecule has 5 nitrogen and oxygen atoms in total. The van der Waals surface area contributed by atoms with Gasteiger partial charge in [0.1, 0.15) is 5.75 Å². The number of amides is 1. The molecule has 0 spiro atoms. The van der Waals surface area contributed by atoms with Crippen LogP contribution in [-0.2, 0) is 4.79 Å². The van der Waals surface area contributed by atoms with Crippen LogP contribution in [0, 0.1) is 5.92 Å². The Morgan fingerprint density at radius 1 is 1.56 bits per heavy atom. The Morgan fingerprint density at radius 2 is 2.33 bits per heavy atom. The van der Waals surface area contributed by atoms with E-state index in [1.807, 2.05) is 0 Å². The lowest BCUT2D eigenvalue weighted by molar-refractivity contribution is -0.119. The van der Waals surface area contributed by atoms with E-state index in [1.165, 1.54) is 0 Å². The van der Waals surface area contributed by atoms with Gasteiger partial charge in [-0.2, -0.15) is 0 Å². The van der Waals surface area contributed by atoms with Crippen molar-refractivity contribution in [3.63, 3.8) is 0 Å². The van der Waals surface area contributed by atoms with Crippen molar-refractivity contribution in [1.29, 1.82) is 0 Å². The van der Waals surface area contributed by atoms with Crippen LogP contribution in [0.1, 0.15) is 17.3 Å². The lowest BCUT2D eigenvalue weighted by Gasteiger charge is -2.08. The molecular formula is C13H16N2O3. The summed E-state index contributed by atoms with van der Waals surface area (Å²) in [4.78, 5) is 23.4. The Balaban J connectivity index is 2.29. The number of benzene rings is 1. The minimum absolute atomic E-state index is 0.0214. The topological polar surface area (TPSA) is 67.4 Å². The Kier molecular flexibility index (Phi) is 3.62. The maximum Gasteiger partial charge on any atom is 0.230 e. The molecule has 0 bridgehead atoms. The molecule has 1 aromatic carbocycles. The molecule has 1 unspecified atom stereocenters. The van der Waals surface area contributed by atoms with Crippen LogP contribution in [0.25, 0.3) is 0 Å².